The number of rotatable bonds is 6. The highest BCUT2D eigenvalue weighted by Gasteiger charge is 2.49. The Balaban J connectivity index is 1.76. The first-order valence-electron chi connectivity index (χ1n) is 8.63. The number of nitrogens with zero attached hydrogens (tertiary/aromatic N) is 4. The summed E-state index contributed by atoms with van der Waals surface area (Å²) >= 11 is 0. The number of aliphatic hydroxyl groups is 1. The van der Waals surface area contributed by atoms with E-state index in [1.807, 2.05) is 16.4 Å². The van der Waals surface area contributed by atoms with Gasteiger partial charge in [-0.15, -0.1) is 10.2 Å². The number of aliphatic carboxylic acids is 1. The minimum Gasteiger partial charge on any atom is -0.481 e. The van der Waals surface area contributed by atoms with Crippen LogP contribution in [0.15, 0.2) is 30.6 Å². The van der Waals surface area contributed by atoms with Crippen molar-refractivity contribution in [2.24, 2.45) is 5.41 Å². The smallest absolute Gasteiger partial charge is 0.313 e. The van der Waals surface area contributed by atoms with Crippen LogP contribution < -0.4 is 0 Å². The molecule has 26 heavy (non-hydrogen) atoms. The van der Waals surface area contributed by atoms with E-state index in [-0.39, 0.29) is 13.0 Å². The summed E-state index contributed by atoms with van der Waals surface area (Å²) in [5, 5.41) is 28.2. The van der Waals surface area contributed by atoms with Gasteiger partial charge in [0.1, 0.15) is 23.4 Å². The summed E-state index contributed by atoms with van der Waals surface area (Å²) < 4.78 is 15.4. The van der Waals surface area contributed by atoms with Crippen LogP contribution >= 0.6 is 0 Å². The first kappa shape index (κ1) is 18.5. The third-order valence-corrected chi connectivity index (χ3v) is 5.16. The zero-order valence-corrected chi connectivity index (χ0v) is 14.7. The van der Waals surface area contributed by atoms with Gasteiger partial charge in [0.25, 0.3) is 0 Å². The summed E-state index contributed by atoms with van der Waals surface area (Å²) in [4.78, 5) is 14.1. The van der Waals surface area contributed by atoms with Gasteiger partial charge in [-0.25, -0.2) is 4.39 Å². The molecule has 0 amide bonds. The van der Waals surface area contributed by atoms with Crippen LogP contribution in [0.4, 0.5) is 4.39 Å². The van der Waals surface area contributed by atoms with Crippen molar-refractivity contribution < 1.29 is 19.4 Å². The number of aliphatic hydroxyl groups excluding tert-OH is 1. The number of hydrogen-bond donors (Lipinski definition) is 2. The second-order valence-electron chi connectivity index (χ2n) is 6.92. The van der Waals surface area contributed by atoms with Crippen LogP contribution in [-0.4, -0.2) is 61.6 Å². The highest BCUT2D eigenvalue weighted by Crippen LogP contribution is 2.35. The number of carbonyl (C=O) groups is 1. The average molecular weight is 362 g/mol. The molecule has 1 aliphatic rings. The van der Waals surface area contributed by atoms with Gasteiger partial charge in [0, 0.05) is 26.2 Å². The molecule has 0 unspecified atom stereocenters. The maximum atomic E-state index is 13.5. The third kappa shape index (κ3) is 3.76. The number of benzene rings is 1. The van der Waals surface area contributed by atoms with E-state index >= 15 is 0 Å². The second-order valence-corrected chi connectivity index (χ2v) is 6.92. The number of carboxylic acid groups (broad SMARTS) is 1. The molecule has 1 aliphatic heterocycles. The molecule has 2 N–H and O–H groups in total. The van der Waals surface area contributed by atoms with Crippen molar-refractivity contribution >= 4 is 5.97 Å². The molecule has 1 saturated heterocycles. The van der Waals surface area contributed by atoms with Crippen molar-refractivity contribution in [1.82, 2.24) is 19.7 Å². The molecule has 2 atom stereocenters. The Bertz CT molecular complexity index is 781. The van der Waals surface area contributed by atoms with Crippen LogP contribution in [0.5, 0.6) is 0 Å². The van der Waals surface area contributed by atoms with Gasteiger partial charge < -0.3 is 19.7 Å². The number of piperidine rings is 1. The Morgan fingerprint density at radius 1 is 1.42 bits per heavy atom. The SMILES string of the molecule is Cc1nncn1CCN1CC[C@H](O)[C@](Cc2cccc(F)c2)(C(=O)O)C1. The molecule has 0 saturated carbocycles. The number of carboxylic acids is 1. The Labute approximate surface area is 151 Å². The topological polar surface area (TPSA) is 91.5 Å². The van der Waals surface area contributed by atoms with E-state index in [1.54, 1.807) is 18.5 Å². The summed E-state index contributed by atoms with van der Waals surface area (Å²) in [5.41, 5.74) is -0.781. The number of hydrogen-bond acceptors (Lipinski definition) is 5. The molecule has 1 aromatic carbocycles. The van der Waals surface area contributed by atoms with Crippen LogP contribution in [0, 0.1) is 18.2 Å². The standard InChI is InChI=1S/C18H23FN4O3/c1-13-21-20-12-23(13)8-7-22-6-5-16(24)18(11-22,17(25)26)10-14-3-2-4-15(19)9-14/h2-4,9,12,16,24H,5-8,10-11H2,1H3,(H,25,26)/t16-,18+/m0/s1. The minimum absolute atomic E-state index is 0.0867. The monoisotopic (exact) mass is 362 g/mol. The van der Waals surface area contributed by atoms with Crippen LogP contribution in [0.3, 0.4) is 0 Å². The van der Waals surface area contributed by atoms with E-state index < -0.39 is 23.3 Å². The van der Waals surface area contributed by atoms with Crippen molar-refractivity contribution in [1.29, 1.82) is 0 Å². The maximum absolute atomic E-state index is 13.5. The molecule has 3 rings (SSSR count). The fraction of sp³-hybridized carbons (Fsp3) is 0.500. The Morgan fingerprint density at radius 2 is 2.23 bits per heavy atom. The quantitative estimate of drug-likeness (QED) is 0.800. The number of likely N-dealkylation sites (tertiary alicyclic amines) is 1. The highest BCUT2D eigenvalue weighted by atomic mass is 19.1. The van der Waals surface area contributed by atoms with Gasteiger partial charge in [-0.1, -0.05) is 12.1 Å². The average Bonchev–Trinajstić information content (AvgIpc) is 3.00. The second kappa shape index (κ2) is 7.51. The van der Waals surface area contributed by atoms with Crippen molar-refractivity contribution in [3.05, 3.63) is 47.8 Å². The van der Waals surface area contributed by atoms with Gasteiger partial charge in [-0.05, 0) is 37.5 Å². The molecule has 0 spiro atoms. The highest BCUT2D eigenvalue weighted by molar-refractivity contribution is 5.76. The van der Waals surface area contributed by atoms with E-state index in [1.165, 1.54) is 12.1 Å². The van der Waals surface area contributed by atoms with E-state index in [0.29, 0.717) is 31.6 Å². The van der Waals surface area contributed by atoms with E-state index in [4.69, 9.17) is 0 Å². The van der Waals surface area contributed by atoms with Gasteiger partial charge in [-0.3, -0.25) is 4.79 Å². The predicted octanol–water partition coefficient (Wildman–Crippen LogP) is 1.11. The van der Waals surface area contributed by atoms with Gasteiger partial charge in [0.2, 0.25) is 0 Å². The molecule has 2 heterocycles. The lowest BCUT2D eigenvalue weighted by atomic mass is 9.73. The summed E-state index contributed by atoms with van der Waals surface area (Å²) in [6, 6.07) is 5.90. The molecule has 0 bridgehead atoms. The van der Waals surface area contributed by atoms with Crippen molar-refractivity contribution in [2.75, 3.05) is 19.6 Å². The number of aromatic nitrogens is 3. The van der Waals surface area contributed by atoms with Gasteiger partial charge in [0.15, 0.2) is 0 Å². The Hall–Kier alpha value is -2.32. The first-order chi connectivity index (χ1) is 12.4. The van der Waals surface area contributed by atoms with E-state index in [2.05, 4.69) is 10.2 Å². The lowest BCUT2D eigenvalue weighted by Gasteiger charge is -2.43. The van der Waals surface area contributed by atoms with Gasteiger partial charge in [-0.2, -0.15) is 0 Å². The fourth-order valence-corrected chi connectivity index (χ4v) is 3.61. The summed E-state index contributed by atoms with van der Waals surface area (Å²) in [6.45, 7) is 3.95. The van der Waals surface area contributed by atoms with Crippen molar-refractivity contribution in [3.8, 4) is 0 Å². The predicted molar refractivity (Wildman–Crippen MR) is 92.0 cm³/mol. The van der Waals surface area contributed by atoms with Crippen molar-refractivity contribution in [3.63, 3.8) is 0 Å². The van der Waals surface area contributed by atoms with E-state index in [0.717, 1.165) is 5.82 Å². The molecular weight excluding hydrogens is 339 g/mol. The molecule has 0 radical (unpaired) electrons. The molecule has 140 valence electrons. The van der Waals surface area contributed by atoms with Crippen LogP contribution in [0.1, 0.15) is 17.8 Å². The maximum Gasteiger partial charge on any atom is 0.313 e. The molecule has 8 heteroatoms. The zero-order valence-electron chi connectivity index (χ0n) is 14.7. The summed E-state index contributed by atoms with van der Waals surface area (Å²) in [6.07, 6.45) is 1.12. The fourth-order valence-electron chi connectivity index (χ4n) is 3.61. The van der Waals surface area contributed by atoms with E-state index in [9.17, 15) is 19.4 Å². The molecule has 0 aliphatic carbocycles. The Morgan fingerprint density at radius 3 is 2.88 bits per heavy atom. The number of aryl methyl sites for hydroxylation is 1. The lowest BCUT2D eigenvalue weighted by Crippen LogP contribution is -2.57. The number of halogens is 1. The molecule has 1 aromatic heterocycles. The van der Waals surface area contributed by atoms with Gasteiger partial charge >= 0.3 is 5.97 Å². The van der Waals surface area contributed by atoms with Crippen molar-refractivity contribution in [2.45, 2.75) is 32.4 Å². The third-order valence-electron chi connectivity index (χ3n) is 5.16. The summed E-state index contributed by atoms with van der Waals surface area (Å²) in [5.74, 6) is -0.668. The lowest BCUT2D eigenvalue weighted by molar-refractivity contribution is -0.163. The van der Waals surface area contributed by atoms with Crippen LogP contribution in [0.25, 0.3) is 0 Å². The molecule has 7 nitrogen and oxygen atoms in total. The molecule has 2 aromatic rings. The normalized spacial score (nSPS) is 23.9. The Kier molecular flexibility index (Phi) is 5.33. The molecular formula is C18H23FN4O3. The summed E-state index contributed by atoms with van der Waals surface area (Å²) in [7, 11) is 0. The zero-order chi connectivity index (χ0) is 18.7. The largest absolute Gasteiger partial charge is 0.481 e. The van der Waals surface area contributed by atoms with Crippen LogP contribution in [-0.2, 0) is 17.8 Å². The van der Waals surface area contributed by atoms with Gasteiger partial charge in [0.05, 0.1) is 6.10 Å². The first-order valence-corrected chi connectivity index (χ1v) is 8.63. The minimum atomic E-state index is -1.35. The molecule has 1 fully saturated rings. The van der Waals surface area contributed by atoms with Crippen LogP contribution in [0.2, 0.25) is 0 Å².